The summed E-state index contributed by atoms with van der Waals surface area (Å²) in [4.78, 5) is 12.8. The molecule has 3 aromatic rings. The van der Waals surface area contributed by atoms with Crippen molar-refractivity contribution in [1.29, 1.82) is 0 Å². The summed E-state index contributed by atoms with van der Waals surface area (Å²) in [6.45, 7) is 5.73. The number of carbonyl (C=O) groups is 1. The van der Waals surface area contributed by atoms with Crippen LogP contribution < -0.4 is 0 Å². The molecule has 128 valence electrons. The van der Waals surface area contributed by atoms with Gasteiger partial charge in [0, 0.05) is 12.0 Å². The van der Waals surface area contributed by atoms with E-state index in [-0.39, 0.29) is 18.1 Å². The molecule has 6 heteroatoms. The molecule has 0 aliphatic rings. The molecule has 0 saturated carbocycles. The number of hydrogen-bond acceptors (Lipinski definition) is 5. The molecule has 0 unspecified atom stereocenters. The van der Waals surface area contributed by atoms with Crippen LogP contribution in [-0.2, 0) is 16.0 Å². The van der Waals surface area contributed by atoms with Crippen molar-refractivity contribution in [2.45, 2.75) is 19.8 Å². The molecule has 0 bridgehead atoms. The van der Waals surface area contributed by atoms with E-state index in [1.54, 1.807) is 6.07 Å². The number of ether oxygens (including phenoxy) is 1. The van der Waals surface area contributed by atoms with Gasteiger partial charge in [-0.2, -0.15) is 0 Å². The van der Waals surface area contributed by atoms with Crippen molar-refractivity contribution in [3.63, 3.8) is 0 Å². The fraction of sp³-hybridized carbons (Fsp3) is 0.211. The summed E-state index contributed by atoms with van der Waals surface area (Å²) < 4.78 is 4.69. The van der Waals surface area contributed by atoms with Crippen molar-refractivity contribution < 1.29 is 14.6 Å². The molecule has 6 nitrogen and oxygen atoms in total. The van der Waals surface area contributed by atoms with E-state index in [4.69, 9.17) is 4.74 Å². The van der Waals surface area contributed by atoms with E-state index < -0.39 is 0 Å². The molecular weight excluding hydrogens is 318 g/mol. The molecule has 3 rings (SSSR count). The number of methoxy groups -OCH3 is 1. The highest BCUT2D eigenvalue weighted by atomic mass is 16.5. The van der Waals surface area contributed by atoms with E-state index in [0.29, 0.717) is 17.7 Å². The van der Waals surface area contributed by atoms with Crippen LogP contribution in [0, 0.1) is 0 Å². The molecule has 0 aliphatic carbocycles. The van der Waals surface area contributed by atoms with Crippen LogP contribution in [-0.4, -0.2) is 33.2 Å². The molecule has 0 saturated heterocycles. The first-order chi connectivity index (χ1) is 12.0. The maximum atomic E-state index is 11.4. The minimum Gasteiger partial charge on any atom is -0.505 e. The SMILES string of the molecule is C=C(C)c1cc(CCC(=O)OC)cc(-n2nc3ccccc3n2)c1O. The summed E-state index contributed by atoms with van der Waals surface area (Å²) in [6, 6.07) is 11.1. The Morgan fingerprint density at radius 1 is 1.24 bits per heavy atom. The Morgan fingerprint density at radius 2 is 1.88 bits per heavy atom. The molecular formula is C19H19N3O3. The number of nitrogens with zero attached hydrogens (tertiary/aromatic N) is 3. The molecule has 1 heterocycles. The van der Waals surface area contributed by atoms with Crippen LogP contribution in [0.3, 0.4) is 0 Å². The van der Waals surface area contributed by atoms with Gasteiger partial charge in [-0.1, -0.05) is 18.7 Å². The number of esters is 1. The maximum absolute atomic E-state index is 11.4. The third-order valence-electron chi connectivity index (χ3n) is 3.96. The van der Waals surface area contributed by atoms with Gasteiger partial charge in [0.25, 0.3) is 0 Å². The molecule has 25 heavy (non-hydrogen) atoms. The fourth-order valence-corrected chi connectivity index (χ4v) is 2.62. The number of carbonyl (C=O) groups excluding carboxylic acids is 1. The predicted molar refractivity (Wildman–Crippen MR) is 95.6 cm³/mol. The number of aryl methyl sites for hydroxylation is 1. The highest BCUT2D eigenvalue weighted by Gasteiger charge is 2.15. The number of aromatic hydroxyl groups is 1. The van der Waals surface area contributed by atoms with Gasteiger partial charge in [0.2, 0.25) is 0 Å². The van der Waals surface area contributed by atoms with E-state index in [0.717, 1.165) is 22.2 Å². The van der Waals surface area contributed by atoms with Crippen molar-refractivity contribution >= 4 is 22.6 Å². The van der Waals surface area contributed by atoms with Crippen molar-refractivity contribution in [3.8, 4) is 11.4 Å². The summed E-state index contributed by atoms with van der Waals surface area (Å²) in [5, 5.41) is 19.5. The third kappa shape index (κ3) is 3.38. The minimum absolute atomic E-state index is 0.0645. The summed E-state index contributed by atoms with van der Waals surface area (Å²) in [5.74, 6) is -0.218. The molecule has 0 radical (unpaired) electrons. The molecule has 1 aromatic heterocycles. The number of aromatic nitrogens is 3. The van der Waals surface area contributed by atoms with E-state index in [2.05, 4.69) is 16.8 Å². The van der Waals surface area contributed by atoms with Crippen molar-refractivity contribution in [1.82, 2.24) is 15.0 Å². The number of hydrogen-bond donors (Lipinski definition) is 1. The van der Waals surface area contributed by atoms with E-state index in [1.807, 2.05) is 37.3 Å². The summed E-state index contributed by atoms with van der Waals surface area (Å²) >= 11 is 0. The van der Waals surface area contributed by atoms with Gasteiger partial charge in [0.1, 0.15) is 16.7 Å². The normalized spacial score (nSPS) is 10.8. The Hall–Kier alpha value is -3.15. The van der Waals surface area contributed by atoms with Crippen molar-refractivity contribution in [2.24, 2.45) is 0 Å². The third-order valence-corrected chi connectivity index (χ3v) is 3.96. The van der Waals surface area contributed by atoms with Gasteiger partial charge in [-0.15, -0.1) is 15.0 Å². The van der Waals surface area contributed by atoms with Crippen molar-refractivity contribution in [3.05, 3.63) is 54.1 Å². The van der Waals surface area contributed by atoms with Crippen LogP contribution >= 0.6 is 0 Å². The Morgan fingerprint density at radius 3 is 2.44 bits per heavy atom. The zero-order valence-corrected chi connectivity index (χ0v) is 14.2. The second-order valence-electron chi connectivity index (χ2n) is 5.85. The molecule has 0 atom stereocenters. The first-order valence-corrected chi connectivity index (χ1v) is 7.90. The highest BCUT2D eigenvalue weighted by Crippen LogP contribution is 2.32. The number of phenolic OH excluding ortho intramolecular Hbond substituents is 1. The quantitative estimate of drug-likeness (QED) is 0.723. The fourth-order valence-electron chi connectivity index (χ4n) is 2.62. The van der Waals surface area contributed by atoms with Gasteiger partial charge in [-0.25, -0.2) is 0 Å². The average molecular weight is 337 g/mol. The Bertz CT molecular complexity index is 927. The molecule has 0 spiro atoms. The monoisotopic (exact) mass is 337 g/mol. The van der Waals surface area contributed by atoms with Crippen LogP contribution in [0.15, 0.2) is 43.0 Å². The Balaban J connectivity index is 2.08. The lowest BCUT2D eigenvalue weighted by Crippen LogP contribution is -2.05. The average Bonchev–Trinajstić information content (AvgIpc) is 3.04. The minimum atomic E-state index is -0.283. The van der Waals surface area contributed by atoms with Gasteiger partial charge < -0.3 is 9.84 Å². The summed E-state index contributed by atoms with van der Waals surface area (Å²) in [7, 11) is 1.36. The van der Waals surface area contributed by atoms with E-state index >= 15 is 0 Å². The number of fused-ring (bicyclic) bond motifs is 1. The van der Waals surface area contributed by atoms with Crippen LogP contribution in [0.2, 0.25) is 0 Å². The molecule has 2 aromatic carbocycles. The second kappa shape index (κ2) is 6.76. The van der Waals surface area contributed by atoms with Gasteiger partial charge in [0.15, 0.2) is 5.75 Å². The number of benzene rings is 2. The lowest BCUT2D eigenvalue weighted by molar-refractivity contribution is -0.140. The smallest absolute Gasteiger partial charge is 0.305 e. The first-order valence-electron chi connectivity index (χ1n) is 7.90. The van der Waals surface area contributed by atoms with Gasteiger partial charge in [-0.05, 0) is 48.7 Å². The highest BCUT2D eigenvalue weighted by molar-refractivity contribution is 5.76. The van der Waals surface area contributed by atoms with Crippen LogP contribution in [0.25, 0.3) is 22.3 Å². The van der Waals surface area contributed by atoms with E-state index in [9.17, 15) is 9.90 Å². The van der Waals surface area contributed by atoms with Gasteiger partial charge in [-0.3, -0.25) is 4.79 Å². The number of allylic oxidation sites excluding steroid dienone is 1. The molecule has 0 fully saturated rings. The largest absolute Gasteiger partial charge is 0.505 e. The predicted octanol–water partition coefficient (Wildman–Crippen LogP) is 3.26. The number of rotatable bonds is 5. The van der Waals surface area contributed by atoms with E-state index in [1.165, 1.54) is 11.9 Å². The number of phenols is 1. The summed E-state index contributed by atoms with van der Waals surface area (Å²) in [6.07, 6.45) is 0.742. The standard InChI is InChI=1S/C19H19N3O3/c1-12(2)14-10-13(8-9-18(23)25-3)11-17(19(14)24)22-20-15-6-4-5-7-16(15)21-22/h4-7,10-11,24H,1,8-9H2,2-3H3. The lowest BCUT2D eigenvalue weighted by atomic mass is 10.00. The zero-order valence-electron chi connectivity index (χ0n) is 14.2. The molecule has 0 aliphatic heterocycles. The summed E-state index contributed by atoms with van der Waals surface area (Å²) in [5.41, 5.74) is 4.13. The first kappa shape index (κ1) is 16.7. The Labute approximate surface area is 145 Å². The lowest BCUT2D eigenvalue weighted by Gasteiger charge is -2.12. The van der Waals surface area contributed by atoms with Crippen LogP contribution in [0.5, 0.6) is 5.75 Å². The van der Waals surface area contributed by atoms with Gasteiger partial charge in [0.05, 0.1) is 7.11 Å². The van der Waals surface area contributed by atoms with Crippen LogP contribution in [0.1, 0.15) is 24.5 Å². The maximum Gasteiger partial charge on any atom is 0.305 e. The molecule has 1 N–H and O–H groups in total. The van der Waals surface area contributed by atoms with Crippen LogP contribution in [0.4, 0.5) is 0 Å². The molecule has 0 amide bonds. The van der Waals surface area contributed by atoms with Gasteiger partial charge >= 0.3 is 5.97 Å². The second-order valence-corrected chi connectivity index (χ2v) is 5.85. The Kier molecular flexibility index (Phi) is 4.52. The topological polar surface area (TPSA) is 77.2 Å². The van der Waals surface area contributed by atoms with Crippen molar-refractivity contribution in [2.75, 3.05) is 7.11 Å². The zero-order chi connectivity index (χ0) is 18.0.